The van der Waals surface area contributed by atoms with Crippen LogP contribution < -0.4 is 5.32 Å². The van der Waals surface area contributed by atoms with Crippen molar-refractivity contribution in [1.82, 2.24) is 5.32 Å². The maximum atomic E-state index is 10.7. The van der Waals surface area contributed by atoms with Gasteiger partial charge in [0.05, 0.1) is 5.92 Å². The zero-order valence-corrected chi connectivity index (χ0v) is 9.16. The Morgan fingerprint density at radius 3 is 2.73 bits per heavy atom. The molecule has 0 saturated heterocycles. The molecular formula is C12H17NO2. The number of rotatable bonds is 5. The van der Waals surface area contributed by atoms with E-state index < -0.39 is 5.97 Å². The molecule has 0 saturated carbocycles. The van der Waals surface area contributed by atoms with Crippen LogP contribution in [-0.2, 0) is 17.8 Å². The van der Waals surface area contributed by atoms with Gasteiger partial charge in [-0.1, -0.05) is 31.2 Å². The molecule has 0 aliphatic rings. The maximum Gasteiger partial charge on any atom is 0.306 e. The molecular weight excluding hydrogens is 190 g/mol. The minimum Gasteiger partial charge on any atom is -0.481 e. The van der Waals surface area contributed by atoms with Crippen LogP contribution in [-0.4, -0.2) is 18.1 Å². The van der Waals surface area contributed by atoms with Crippen molar-refractivity contribution >= 4 is 5.97 Å². The van der Waals surface area contributed by atoms with Crippen LogP contribution in [0.2, 0.25) is 0 Å². The summed E-state index contributed by atoms with van der Waals surface area (Å²) >= 11 is 0. The van der Waals surface area contributed by atoms with Gasteiger partial charge in [0.2, 0.25) is 0 Å². The fourth-order valence-electron chi connectivity index (χ4n) is 1.51. The molecule has 3 nitrogen and oxygen atoms in total. The highest BCUT2D eigenvalue weighted by atomic mass is 16.4. The number of nitrogens with one attached hydrogen (secondary N) is 1. The van der Waals surface area contributed by atoms with Crippen LogP contribution in [0.5, 0.6) is 0 Å². The quantitative estimate of drug-likeness (QED) is 0.772. The van der Waals surface area contributed by atoms with Crippen LogP contribution >= 0.6 is 0 Å². The SMILES string of the molecule is CNCc1cccc(CC(C)C(=O)O)c1. The fraction of sp³-hybridized carbons (Fsp3) is 0.417. The summed E-state index contributed by atoms with van der Waals surface area (Å²) in [6.07, 6.45) is 0.590. The minimum atomic E-state index is -0.742. The van der Waals surface area contributed by atoms with E-state index in [1.807, 2.05) is 25.2 Å². The average molecular weight is 207 g/mol. The van der Waals surface area contributed by atoms with Gasteiger partial charge in [-0.3, -0.25) is 4.79 Å². The van der Waals surface area contributed by atoms with Crippen LogP contribution in [0, 0.1) is 5.92 Å². The van der Waals surface area contributed by atoms with E-state index in [1.54, 1.807) is 6.92 Å². The van der Waals surface area contributed by atoms with Crippen molar-refractivity contribution in [2.24, 2.45) is 5.92 Å². The Hall–Kier alpha value is -1.35. The second kappa shape index (κ2) is 5.51. The van der Waals surface area contributed by atoms with Gasteiger partial charge >= 0.3 is 5.97 Å². The highest BCUT2D eigenvalue weighted by Gasteiger charge is 2.11. The minimum absolute atomic E-state index is 0.324. The molecule has 2 N–H and O–H groups in total. The summed E-state index contributed by atoms with van der Waals surface area (Å²) in [5.74, 6) is -1.07. The topological polar surface area (TPSA) is 49.3 Å². The van der Waals surface area contributed by atoms with Gasteiger partial charge < -0.3 is 10.4 Å². The number of benzene rings is 1. The van der Waals surface area contributed by atoms with Crippen LogP contribution in [0.1, 0.15) is 18.1 Å². The molecule has 3 heteroatoms. The third-order valence-corrected chi connectivity index (χ3v) is 2.34. The van der Waals surface area contributed by atoms with Gasteiger partial charge in [-0.25, -0.2) is 0 Å². The Morgan fingerprint density at radius 2 is 2.13 bits per heavy atom. The molecule has 15 heavy (non-hydrogen) atoms. The summed E-state index contributed by atoms with van der Waals surface area (Å²) in [4.78, 5) is 10.7. The summed E-state index contributed by atoms with van der Waals surface area (Å²) < 4.78 is 0. The van der Waals surface area contributed by atoms with Gasteiger partial charge in [0.25, 0.3) is 0 Å². The lowest BCUT2D eigenvalue weighted by Crippen LogP contribution is -2.12. The van der Waals surface area contributed by atoms with E-state index in [1.165, 1.54) is 5.56 Å². The van der Waals surface area contributed by atoms with Crippen molar-refractivity contribution < 1.29 is 9.90 Å². The maximum absolute atomic E-state index is 10.7. The summed E-state index contributed by atoms with van der Waals surface area (Å²) in [7, 11) is 1.90. The van der Waals surface area contributed by atoms with Crippen LogP contribution in [0.15, 0.2) is 24.3 Å². The second-order valence-corrected chi connectivity index (χ2v) is 3.79. The van der Waals surface area contributed by atoms with Gasteiger partial charge in [0.15, 0.2) is 0 Å². The van der Waals surface area contributed by atoms with Crippen molar-refractivity contribution in [3.05, 3.63) is 35.4 Å². The number of hydrogen-bond donors (Lipinski definition) is 2. The standard InChI is InChI=1S/C12H17NO2/c1-9(12(14)15)6-10-4-3-5-11(7-10)8-13-2/h3-5,7,9,13H,6,8H2,1-2H3,(H,14,15). The summed E-state index contributed by atoms with van der Waals surface area (Å²) in [5, 5.41) is 11.9. The van der Waals surface area contributed by atoms with E-state index in [-0.39, 0.29) is 5.92 Å². The fourth-order valence-corrected chi connectivity index (χ4v) is 1.51. The molecule has 1 unspecified atom stereocenters. The first-order chi connectivity index (χ1) is 7.13. The summed E-state index contributed by atoms with van der Waals surface area (Å²) in [5.41, 5.74) is 2.27. The first kappa shape index (κ1) is 11.7. The largest absolute Gasteiger partial charge is 0.481 e. The molecule has 1 atom stereocenters. The van der Waals surface area contributed by atoms with Crippen molar-refractivity contribution in [3.63, 3.8) is 0 Å². The molecule has 82 valence electrons. The van der Waals surface area contributed by atoms with Crippen LogP contribution in [0.25, 0.3) is 0 Å². The third kappa shape index (κ3) is 3.72. The first-order valence-electron chi connectivity index (χ1n) is 5.08. The molecule has 0 aromatic heterocycles. The normalized spacial score (nSPS) is 12.4. The molecule has 0 amide bonds. The Kier molecular flexibility index (Phi) is 4.31. The predicted molar refractivity (Wildman–Crippen MR) is 59.7 cm³/mol. The van der Waals surface area contributed by atoms with Gasteiger partial charge in [-0.15, -0.1) is 0 Å². The summed E-state index contributed by atoms with van der Waals surface area (Å²) in [6, 6.07) is 8.02. The Balaban J connectivity index is 2.68. The molecule has 0 bridgehead atoms. The van der Waals surface area contributed by atoms with Gasteiger partial charge in [0, 0.05) is 6.54 Å². The smallest absolute Gasteiger partial charge is 0.306 e. The lowest BCUT2D eigenvalue weighted by molar-refractivity contribution is -0.141. The molecule has 1 aromatic carbocycles. The number of carboxylic acid groups (broad SMARTS) is 1. The van der Waals surface area contributed by atoms with E-state index in [9.17, 15) is 4.79 Å². The predicted octanol–water partition coefficient (Wildman–Crippen LogP) is 1.67. The van der Waals surface area contributed by atoms with E-state index in [4.69, 9.17) is 5.11 Å². The molecule has 0 aliphatic heterocycles. The molecule has 1 aromatic rings. The zero-order chi connectivity index (χ0) is 11.3. The lowest BCUT2D eigenvalue weighted by atomic mass is 10.00. The van der Waals surface area contributed by atoms with E-state index in [0.29, 0.717) is 6.42 Å². The monoisotopic (exact) mass is 207 g/mol. The number of hydrogen-bond acceptors (Lipinski definition) is 2. The molecule has 0 heterocycles. The van der Waals surface area contributed by atoms with E-state index >= 15 is 0 Å². The first-order valence-corrected chi connectivity index (χ1v) is 5.08. The zero-order valence-electron chi connectivity index (χ0n) is 9.16. The van der Waals surface area contributed by atoms with Crippen molar-refractivity contribution in [2.75, 3.05) is 7.05 Å². The molecule has 1 rings (SSSR count). The van der Waals surface area contributed by atoms with Crippen molar-refractivity contribution in [2.45, 2.75) is 19.9 Å². The Bertz CT molecular complexity index is 336. The third-order valence-electron chi connectivity index (χ3n) is 2.34. The highest BCUT2D eigenvalue weighted by molar-refractivity contribution is 5.69. The molecule has 0 radical (unpaired) electrons. The number of carbonyl (C=O) groups is 1. The Labute approximate surface area is 90.1 Å². The van der Waals surface area contributed by atoms with Crippen LogP contribution in [0.3, 0.4) is 0 Å². The highest BCUT2D eigenvalue weighted by Crippen LogP contribution is 2.11. The molecule has 0 fully saturated rings. The molecule has 0 spiro atoms. The summed E-state index contributed by atoms with van der Waals surface area (Å²) in [6.45, 7) is 2.54. The van der Waals surface area contributed by atoms with Crippen LogP contribution in [0.4, 0.5) is 0 Å². The van der Waals surface area contributed by atoms with Crippen molar-refractivity contribution in [1.29, 1.82) is 0 Å². The van der Waals surface area contributed by atoms with E-state index in [0.717, 1.165) is 12.1 Å². The number of aliphatic carboxylic acids is 1. The Morgan fingerprint density at radius 1 is 1.47 bits per heavy atom. The molecule has 0 aliphatic carbocycles. The van der Waals surface area contributed by atoms with Crippen molar-refractivity contribution in [3.8, 4) is 0 Å². The average Bonchev–Trinajstić information content (AvgIpc) is 2.18. The number of carboxylic acids is 1. The lowest BCUT2D eigenvalue weighted by Gasteiger charge is -2.07. The second-order valence-electron chi connectivity index (χ2n) is 3.79. The van der Waals surface area contributed by atoms with Gasteiger partial charge in [0.1, 0.15) is 0 Å². The van der Waals surface area contributed by atoms with Gasteiger partial charge in [-0.2, -0.15) is 0 Å². The van der Waals surface area contributed by atoms with E-state index in [2.05, 4.69) is 11.4 Å². The van der Waals surface area contributed by atoms with Gasteiger partial charge in [-0.05, 0) is 24.6 Å².